The summed E-state index contributed by atoms with van der Waals surface area (Å²) in [4.78, 5) is 22.5. The van der Waals surface area contributed by atoms with Gasteiger partial charge in [0.25, 0.3) is 0 Å². The summed E-state index contributed by atoms with van der Waals surface area (Å²) in [5, 5.41) is 17.1. The summed E-state index contributed by atoms with van der Waals surface area (Å²) in [5.41, 5.74) is -0.549. The largest absolute Gasteiger partial charge is 0.480 e. The van der Waals surface area contributed by atoms with Gasteiger partial charge in [-0.05, 0) is 11.1 Å². The van der Waals surface area contributed by atoms with Crippen LogP contribution in [0, 0.1) is 5.41 Å². The van der Waals surface area contributed by atoms with Crippen molar-refractivity contribution in [1.29, 1.82) is 0 Å². The highest BCUT2D eigenvalue weighted by Gasteiger charge is 2.51. The Morgan fingerprint density at radius 1 is 1.11 bits per heavy atom. The second-order valence-corrected chi connectivity index (χ2v) is 4.67. The van der Waals surface area contributed by atoms with Crippen LogP contribution < -0.4 is 0 Å². The van der Waals surface area contributed by atoms with Crippen molar-refractivity contribution in [2.45, 2.75) is 5.38 Å². The van der Waals surface area contributed by atoms with Crippen LogP contribution in [-0.2, 0) is 9.59 Å². The van der Waals surface area contributed by atoms with Gasteiger partial charge in [0, 0.05) is 0 Å². The normalized spacial score (nSPS) is 20.7. The fraction of sp³-hybridized carbons (Fsp3) is 0.143. The molecule has 1 aliphatic rings. The Morgan fingerprint density at radius 3 is 2.16 bits per heavy atom. The predicted octanol–water partition coefficient (Wildman–Crippen LogP) is 2.40. The van der Waals surface area contributed by atoms with Crippen molar-refractivity contribution in [2.75, 3.05) is 0 Å². The molecule has 0 spiro atoms. The van der Waals surface area contributed by atoms with Crippen LogP contribution in [0.3, 0.4) is 0 Å². The van der Waals surface area contributed by atoms with Crippen LogP contribution >= 0.6 is 11.6 Å². The summed E-state index contributed by atoms with van der Waals surface area (Å²) in [6.45, 7) is 0. The maximum absolute atomic E-state index is 11.2. The van der Waals surface area contributed by atoms with Crippen molar-refractivity contribution in [3.63, 3.8) is 0 Å². The molecular formula is C14H11ClO4. The van der Waals surface area contributed by atoms with Crippen molar-refractivity contribution in [3.8, 4) is 0 Å². The van der Waals surface area contributed by atoms with Gasteiger partial charge in [0.05, 0.1) is 5.38 Å². The van der Waals surface area contributed by atoms with Crippen LogP contribution in [0.5, 0.6) is 0 Å². The number of carbonyl (C=O) groups is 2. The first-order valence-corrected chi connectivity index (χ1v) is 5.99. The molecule has 2 N–H and O–H groups in total. The van der Waals surface area contributed by atoms with Gasteiger partial charge in [-0.3, -0.25) is 9.59 Å². The molecule has 2 rings (SSSR count). The SMILES string of the molecule is O=C(O)C1(C(=O)O)C=CC(c2ccccc2)=CC1Cl. The van der Waals surface area contributed by atoms with Gasteiger partial charge in [0.15, 0.2) is 0 Å². The maximum atomic E-state index is 11.2. The van der Waals surface area contributed by atoms with Gasteiger partial charge in [-0.25, -0.2) is 0 Å². The summed E-state index contributed by atoms with van der Waals surface area (Å²) in [6.07, 6.45) is 4.08. The summed E-state index contributed by atoms with van der Waals surface area (Å²) in [5.74, 6) is -2.95. The molecule has 19 heavy (non-hydrogen) atoms. The minimum Gasteiger partial charge on any atom is -0.480 e. The second kappa shape index (κ2) is 4.90. The molecule has 1 aromatic rings. The average Bonchev–Trinajstić information content (AvgIpc) is 2.39. The molecule has 4 nitrogen and oxygen atoms in total. The number of benzene rings is 1. The van der Waals surface area contributed by atoms with E-state index >= 15 is 0 Å². The fourth-order valence-corrected chi connectivity index (χ4v) is 2.35. The molecule has 0 aliphatic heterocycles. The van der Waals surface area contributed by atoms with Crippen molar-refractivity contribution < 1.29 is 19.8 Å². The van der Waals surface area contributed by atoms with Gasteiger partial charge < -0.3 is 10.2 Å². The Morgan fingerprint density at radius 2 is 1.68 bits per heavy atom. The molecule has 0 saturated heterocycles. The topological polar surface area (TPSA) is 74.6 Å². The van der Waals surface area contributed by atoms with E-state index in [-0.39, 0.29) is 0 Å². The molecule has 5 heteroatoms. The van der Waals surface area contributed by atoms with Crippen LogP contribution in [0.2, 0.25) is 0 Å². The van der Waals surface area contributed by atoms with Crippen molar-refractivity contribution in [3.05, 3.63) is 54.1 Å². The van der Waals surface area contributed by atoms with E-state index in [4.69, 9.17) is 21.8 Å². The lowest BCUT2D eigenvalue weighted by Crippen LogP contribution is -2.45. The van der Waals surface area contributed by atoms with E-state index < -0.39 is 22.7 Å². The van der Waals surface area contributed by atoms with Gasteiger partial charge in [-0.2, -0.15) is 0 Å². The van der Waals surface area contributed by atoms with E-state index in [0.717, 1.165) is 11.6 Å². The van der Waals surface area contributed by atoms with Gasteiger partial charge in [-0.15, -0.1) is 11.6 Å². The van der Waals surface area contributed by atoms with E-state index in [0.29, 0.717) is 5.57 Å². The first kappa shape index (κ1) is 13.4. The first-order chi connectivity index (χ1) is 8.98. The Kier molecular flexibility index (Phi) is 3.44. The minimum absolute atomic E-state index is 0.707. The lowest BCUT2D eigenvalue weighted by molar-refractivity contribution is -0.160. The molecule has 0 aromatic heterocycles. The Hall–Kier alpha value is -2.07. The molecule has 1 aliphatic carbocycles. The van der Waals surface area contributed by atoms with Crippen LogP contribution in [0.25, 0.3) is 5.57 Å². The highest BCUT2D eigenvalue weighted by atomic mass is 35.5. The zero-order valence-electron chi connectivity index (χ0n) is 9.79. The summed E-state index contributed by atoms with van der Waals surface area (Å²) >= 11 is 5.98. The molecule has 1 aromatic carbocycles. The Labute approximate surface area is 114 Å². The molecule has 0 saturated carbocycles. The van der Waals surface area contributed by atoms with Crippen LogP contribution in [0.15, 0.2) is 48.6 Å². The third kappa shape index (κ3) is 2.15. The third-order valence-corrected chi connectivity index (χ3v) is 3.57. The first-order valence-electron chi connectivity index (χ1n) is 5.56. The molecule has 0 fully saturated rings. The predicted molar refractivity (Wildman–Crippen MR) is 70.9 cm³/mol. The van der Waals surface area contributed by atoms with E-state index in [1.165, 1.54) is 12.2 Å². The number of halogens is 1. The van der Waals surface area contributed by atoms with Gasteiger partial charge in [0.1, 0.15) is 0 Å². The number of rotatable bonds is 3. The Bertz CT molecular complexity index is 560. The standard InChI is InChI=1S/C14H11ClO4/c15-11-8-10(9-4-2-1-3-5-9)6-7-14(11,12(16)17)13(18)19/h1-8,11H,(H,16,17)(H,18,19). The summed E-state index contributed by atoms with van der Waals surface area (Å²) in [7, 11) is 0. The smallest absolute Gasteiger partial charge is 0.326 e. The van der Waals surface area contributed by atoms with Crippen molar-refractivity contribution >= 4 is 29.1 Å². The molecule has 1 unspecified atom stereocenters. The fourth-order valence-electron chi connectivity index (χ4n) is 1.95. The maximum Gasteiger partial charge on any atom is 0.326 e. The second-order valence-electron chi connectivity index (χ2n) is 4.20. The molecule has 0 heterocycles. The number of allylic oxidation sites excluding steroid dienone is 3. The van der Waals surface area contributed by atoms with Crippen molar-refractivity contribution in [2.24, 2.45) is 5.41 Å². The molecule has 98 valence electrons. The van der Waals surface area contributed by atoms with Crippen molar-refractivity contribution in [1.82, 2.24) is 0 Å². The van der Waals surface area contributed by atoms with Gasteiger partial charge in [0.2, 0.25) is 5.41 Å². The summed E-state index contributed by atoms with van der Waals surface area (Å²) in [6, 6.07) is 9.21. The number of hydrogen-bond acceptors (Lipinski definition) is 2. The van der Waals surface area contributed by atoms with E-state index in [9.17, 15) is 9.59 Å². The Balaban J connectivity index is 2.42. The average molecular weight is 279 g/mol. The number of carboxylic acids is 2. The number of carboxylic acid groups (broad SMARTS) is 2. The monoisotopic (exact) mass is 278 g/mol. The third-order valence-electron chi connectivity index (χ3n) is 3.10. The van der Waals surface area contributed by atoms with E-state index in [2.05, 4.69) is 0 Å². The van der Waals surface area contributed by atoms with Crippen LogP contribution in [-0.4, -0.2) is 27.5 Å². The quantitative estimate of drug-likeness (QED) is 0.658. The highest BCUT2D eigenvalue weighted by molar-refractivity contribution is 6.28. The summed E-state index contributed by atoms with van der Waals surface area (Å²) < 4.78 is 0. The lowest BCUT2D eigenvalue weighted by atomic mass is 9.78. The molecule has 1 atom stereocenters. The zero-order chi connectivity index (χ0) is 14.0. The minimum atomic E-state index is -2.11. The lowest BCUT2D eigenvalue weighted by Gasteiger charge is -2.28. The number of hydrogen-bond donors (Lipinski definition) is 2. The van der Waals surface area contributed by atoms with E-state index in [1.807, 2.05) is 30.3 Å². The van der Waals surface area contributed by atoms with Crippen LogP contribution in [0.1, 0.15) is 5.56 Å². The zero-order valence-corrected chi connectivity index (χ0v) is 10.5. The van der Waals surface area contributed by atoms with E-state index in [1.54, 1.807) is 0 Å². The highest BCUT2D eigenvalue weighted by Crippen LogP contribution is 2.37. The number of aliphatic carboxylic acids is 2. The number of alkyl halides is 1. The van der Waals surface area contributed by atoms with Gasteiger partial charge in [-0.1, -0.05) is 48.6 Å². The molecular weight excluding hydrogens is 268 g/mol. The molecule has 0 radical (unpaired) electrons. The molecule has 0 bridgehead atoms. The molecule has 0 amide bonds. The van der Waals surface area contributed by atoms with Crippen LogP contribution in [0.4, 0.5) is 0 Å². The van der Waals surface area contributed by atoms with Gasteiger partial charge >= 0.3 is 11.9 Å².